The summed E-state index contributed by atoms with van der Waals surface area (Å²) in [6.07, 6.45) is -3.71. The lowest BCUT2D eigenvalue weighted by molar-refractivity contribution is -0.384. The van der Waals surface area contributed by atoms with Crippen molar-refractivity contribution in [1.29, 1.82) is 0 Å². The molecule has 88 heavy (non-hydrogen) atoms. The first kappa shape index (κ1) is 75.0. The van der Waals surface area contributed by atoms with Crippen molar-refractivity contribution in [3.63, 3.8) is 0 Å². The van der Waals surface area contributed by atoms with E-state index in [1.807, 2.05) is 0 Å². The molecule has 480 valence electrons. The van der Waals surface area contributed by atoms with Crippen LogP contribution in [0.15, 0.2) is 91.0 Å². The predicted octanol–water partition coefficient (Wildman–Crippen LogP) is 12.6. The lowest BCUT2D eigenvalue weighted by Gasteiger charge is -2.28. The highest BCUT2D eigenvalue weighted by Crippen LogP contribution is 2.35. The molecule has 0 unspecified atom stereocenters. The van der Waals surface area contributed by atoms with Crippen molar-refractivity contribution in [2.75, 3.05) is 62.5 Å². The molecule has 0 saturated heterocycles. The van der Waals surface area contributed by atoms with E-state index in [0.717, 1.165) is 6.07 Å². The van der Waals surface area contributed by atoms with Crippen LogP contribution in [0.4, 0.5) is 76.1 Å². The largest absolute Gasteiger partial charge is 0.497 e. The molecule has 0 aliphatic carbocycles. The number of imide groups is 1. The van der Waals surface area contributed by atoms with Crippen molar-refractivity contribution in [3.8, 4) is 28.7 Å². The van der Waals surface area contributed by atoms with E-state index in [0.29, 0.717) is 27.9 Å². The van der Waals surface area contributed by atoms with E-state index in [1.165, 1.54) is 120 Å². The van der Waals surface area contributed by atoms with Gasteiger partial charge in [0.1, 0.15) is 79.6 Å². The normalized spacial score (nSPS) is 10.6. The van der Waals surface area contributed by atoms with Gasteiger partial charge < -0.3 is 54.1 Å². The molecule has 0 fully saturated rings. The number of nitrogens with zero attached hydrogens (tertiary/aromatic N) is 6. The number of hydrogen-bond donors (Lipinski definition) is 4. The molecule has 0 bridgehead atoms. The Hall–Kier alpha value is -11.0. The van der Waals surface area contributed by atoms with Crippen LogP contribution in [0, 0.1) is 50.6 Å². The number of nitrogens with one attached hydrogen (secondary N) is 2. The quantitative estimate of drug-likeness (QED) is 0.0368. The number of nitrogens with two attached hydrogens (primary N) is 2. The summed E-state index contributed by atoms with van der Waals surface area (Å²) < 4.78 is 45.1. The first-order valence-corrected chi connectivity index (χ1v) is 25.4. The van der Waals surface area contributed by atoms with Crippen LogP contribution in [0.2, 0.25) is 0 Å². The molecule has 33 nitrogen and oxygen atoms in total. The van der Waals surface area contributed by atoms with Crippen LogP contribution in [0.1, 0.15) is 83.1 Å². The number of hydrogen-bond acceptors (Lipinski definition) is 25. The van der Waals surface area contributed by atoms with Crippen molar-refractivity contribution in [3.05, 3.63) is 142 Å². The third kappa shape index (κ3) is 26.7. The molecule has 0 radical (unpaired) electrons. The highest BCUT2D eigenvalue weighted by Gasteiger charge is 2.37. The summed E-state index contributed by atoms with van der Waals surface area (Å²) in [5.74, 6) is 2.05. The molecule has 33 heteroatoms. The van der Waals surface area contributed by atoms with E-state index in [9.17, 15) is 69.7 Å². The summed E-state index contributed by atoms with van der Waals surface area (Å²) in [4.78, 5) is 99.7. The maximum Gasteiger partial charge on any atom is 0.424 e. The van der Waals surface area contributed by atoms with E-state index in [4.69, 9.17) is 54.1 Å². The van der Waals surface area contributed by atoms with Crippen molar-refractivity contribution in [2.24, 2.45) is 0 Å². The molecule has 6 N–H and O–H groups in total. The minimum atomic E-state index is -1.09. The second-order valence-electron chi connectivity index (χ2n) is 21.3. The average molecular weight is 1240 g/mol. The van der Waals surface area contributed by atoms with Gasteiger partial charge in [-0.15, -0.1) is 0 Å². The zero-order valence-corrected chi connectivity index (χ0v) is 51.4. The Morgan fingerprint density at radius 3 is 0.852 bits per heavy atom. The van der Waals surface area contributed by atoms with Gasteiger partial charge in [0, 0.05) is 60.7 Å². The fraction of sp³-hybridized carbons (Fsp3) is 0.382. The van der Waals surface area contributed by atoms with Gasteiger partial charge in [0.25, 0.3) is 28.4 Å². The number of carbonyl (C=O) groups is 4. The average Bonchev–Trinajstić information content (AvgIpc) is 1.41. The third-order valence-electron chi connectivity index (χ3n) is 9.71. The number of anilines is 5. The molecule has 0 aromatic heterocycles. The monoisotopic (exact) mass is 1240 g/mol. The summed E-state index contributed by atoms with van der Waals surface area (Å²) in [6, 6.07) is 20.3. The molecule has 0 atom stereocenters. The smallest absolute Gasteiger partial charge is 0.424 e. The fourth-order valence-electron chi connectivity index (χ4n) is 6.13. The third-order valence-corrected chi connectivity index (χ3v) is 9.71. The summed E-state index contributed by atoms with van der Waals surface area (Å²) in [5, 5.41) is 58.4. The lowest BCUT2D eigenvalue weighted by Crippen LogP contribution is -2.44. The molecular formula is C55H72N10O23. The number of rotatable bonds is 13. The maximum atomic E-state index is 12.6. The fourth-order valence-corrected chi connectivity index (χ4v) is 6.13. The molecule has 0 aliphatic rings. The maximum absolute atomic E-state index is 12.6. The van der Waals surface area contributed by atoms with Gasteiger partial charge in [0.05, 0.1) is 60.2 Å². The van der Waals surface area contributed by atoms with Gasteiger partial charge in [-0.1, -0.05) is 0 Å². The Balaban J connectivity index is 0.000000566. The van der Waals surface area contributed by atoms with Crippen molar-refractivity contribution >= 4 is 81.2 Å². The van der Waals surface area contributed by atoms with E-state index in [1.54, 1.807) is 83.1 Å². The Kier molecular flexibility index (Phi) is 28.0. The molecule has 0 spiro atoms. The molecular weight excluding hydrogens is 1170 g/mol. The van der Waals surface area contributed by atoms with Crippen LogP contribution in [0.25, 0.3) is 0 Å². The van der Waals surface area contributed by atoms with Crippen molar-refractivity contribution in [2.45, 2.75) is 105 Å². The zero-order valence-electron chi connectivity index (χ0n) is 51.4. The molecule has 0 heterocycles. The van der Waals surface area contributed by atoms with Gasteiger partial charge >= 0.3 is 24.4 Å². The zero-order chi connectivity index (χ0) is 67.8. The molecule has 0 saturated carbocycles. The van der Waals surface area contributed by atoms with Crippen LogP contribution >= 0.6 is 0 Å². The molecule has 5 rings (SSSR count). The Bertz CT molecular complexity index is 3110. The SMILES string of the molecule is COc1ccc([N+](=O)[O-])c(N(C(=O)OC(C)(C)C)C(=O)OC(C)(C)C)c1.COc1ccc([N+](=O)[O-])c(N)c1.COc1ccc([N+](=O)[O-])c(N)c1.COc1ccc([N+](=O)[O-])c(NC(=O)OC(C)(C)C)c1.COc1ccc([N+](=O)[O-])c(NC(=O)OC(C)(C)C)c1. The summed E-state index contributed by atoms with van der Waals surface area (Å²) in [5.41, 5.74) is 6.37. The summed E-state index contributed by atoms with van der Waals surface area (Å²) in [6.45, 7) is 19.9. The van der Waals surface area contributed by atoms with Crippen molar-refractivity contribution < 1.29 is 86.4 Å². The number of ether oxygens (including phenoxy) is 9. The van der Waals surface area contributed by atoms with E-state index in [-0.39, 0.29) is 56.9 Å². The first-order chi connectivity index (χ1) is 40.5. The van der Waals surface area contributed by atoms with Gasteiger partial charge in [-0.25, -0.2) is 19.2 Å². The van der Waals surface area contributed by atoms with Gasteiger partial charge in [0.2, 0.25) is 0 Å². The second-order valence-corrected chi connectivity index (χ2v) is 21.3. The van der Waals surface area contributed by atoms with Crippen LogP contribution in [-0.2, 0) is 18.9 Å². The van der Waals surface area contributed by atoms with Gasteiger partial charge in [-0.05, 0) is 113 Å². The topological polar surface area (TPSA) is 446 Å². The Labute approximate surface area is 504 Å². The molecule has 5 aromatic rings. The van der Waals surface area contributed by atoms with Gasteiger partial charge in [-0.2, -0.15) is 4.90 Å². The number of benzene rings is 5. The minimum absolute atomic E-state index is 0.0265. The van der Waals surface area contributed by atoms with Crippen molar-refractivity contribution in [1.82, 2.24) is 0 Å². The predicted molar refractivity (Wildman–Crippen MR) is 322 cm³/mol. The minimum Gasteiger partial charge on any atom is -0.497 e. The Morgan fingerprint density at radius 2 is 0.614 bits per heavy atom. The van der Waals surface area contributed by atoms with Crippen LogP contribution < -0.4 is 50.7 Å². The lowest BCUT2D eigenvalue weighted by atomic mass is 10.2. The van der Waals surface area contributed by atoms with Gasteiger partial charge in [0.15, 0.2) is 0 Å². The van der Waals surface area contributed by atoms with Crippen LogP contribution in [0.5, 0.6) is 28.7 Å². The van der Waals surface area contributed by atoms with E-state index in [2.05, 4.69) is 10.6 Å². The first-order valence-electron chi connectivity index (χ1n) is 25.4. The molecule has 4 amide bonds. The highest BCUT2D eigenvalue weighted by molar-refractivity contribution is 6.11. The highest BCUT2D eigenvalue weighted by atomic mass is 16.7. The number of nitro groups is 5. The summed E-state index contributed by atoms with van der Waals surface area (Å²) in [7, 11) is 7.16. The number of methoxy groups -OCH3 is 5. The second kappa shape index (κ2) is 32.9. The Morgan fingerprint density at radius 1 is 0.375 bits per heavy atom. The standard InChI is InChI=1S/C17H24N2O7.2C12H16N2O5.2C7H8N2O3/c1-16(2,3)25-14(20)18(15(21)26-17(4,5)6)13-10-11(24-7)8-9-12(13)19(22)23;2*1-12(2,3)19-11(15)13-9-7-8(18-4)5-6-10(9)14(16)17;2*1-12-5-2-3-7(9(10)11)6(8)4-5/h8-10H,1-7H3;2*5-7H,1-4H3,(H,13,15);2*2-4H,8H2,1H3. The molecule has 5 aromatic carbocycles. The van der Waals surface area contributed by atoms with Crippen LogP contribution in [0.3, 0.4) is 0 Å². The number of carbonyl (C=O) groups excluding carboxylic acids is 4. The van der Waals surface area contributed by atoms with Gasteiger partial charge in [-0.3, -0.25) is 61.2 Å². The molecule has 0 aliphatic heterocycles. The number of nitrogen functional groups attached to an aromatic ring is 2. The van der Waals surface area contributed by atoms with Crippen LogP contribution in [-0.4, -0.2) is 107 Å². The van der Waals surface area contributed by atoms with E-state index >= 15 is 0 Å². The number of nitro benzene ring substituents is 5. The van der Waals surface area contributed by atoms with E-state index < -0.39 is 77.1 Å². The number of amides is 4. The summed E-state index contributed by atoms with van der Waals surface area (Å²) >= 11 is 0.